The fraction of sp³-hybridized carbons (Fsp3) is 0.545. The lowest BCUT2D eigenvalue weighted by molar-refractivity contribution is -0.116. The van der Waals surface area contributed by atoms with Crippen LogP contribution in [0.2, 0.25) is 0 Å². The zero-order valence-electron chi connectivity index (χ0n) is 14.6. The van der Waals surface area contributed by atoms with Gasteiger partial charge in [-0.15, -0.1) is 0 Å². The fourth-order valence-corrected chi connectivity index (χ4v) is 6.23. The van der Waals surface area contributed by atoms with Crippen LogP contribution in [-0.2, 0) is 4.79 Å². The first-order valence-electron chi connectivity index (χ1n) is 9.04. The summed E-state index contributed by atoms with van der Waals surface area (Å²) in [6.07, 6.45) is 10.1. The predicted octanol–water partition coefficient (Wildman–Crippen LogP) is 4.77. The van der Waals surface area contributed by atoms with Crippen LogP contribution in [0, 0.1) is 45.8 Å². The Hall–Kier alpha value is -1.88. The number of nitrogens with zero attached hydrogens (tertiary/aromatic N) is 1. The predicted molar refractivity (Wildman–Crippen MR) is 94.8 cm³/mol. The molecule has 0 amide bonds. The van der Waals surface area contributed by atoms with Gasteiger partial charge in [0.2, 0.25) is 0 Å². The summed E-state index contributed by atoms with van der Waals surface area (Å²) < 4.78 is 0. The molecule has 0 N–H and O–H groups in total. The number of carbonyl (C=O) groups excluding carboxylic acids is 1. The van der Waals surface area contributed by atoms with E-state index < -0.39 is 0 Å². The maximum absolute atomic E-state index is 11.9. The Labute approximate surface area is 144 Å². The van der Waals surface area contributed by atoms with Crippen molar-refractivity contribution < 1.29 is 4.79 Å². The van der Waals surface area contributed by atoms with Gasteiger partial charge in [-0.05, 0) is 70.6 Å². The summed E-state index contributed by atoms with van der Waals surface area (Å²) in [6, 6.07) is 2.51. The number of rotatable bonds is 0. The molecule has 0 aliphatic heterocycles. The third-order valence-corrected chi connectivity index (χ3v) is 7.66. The smallest absolute Gasteiger partial charge is 0.156 e. The van der Waals surface area contributed by atoms with Gasteiger partial charge in [-0.3, -0.25) is 4.79 Å². The Kier molecular flexibility index (Phi) is 3.14. The summed E-state index contributed by atoms with van der Waals surface area (Å²) in [4.78, 5) is 11.9. The fourth-order valence-electron chi connectivity index (χ4n) is 6.23. The standard InChI is InChI=1S/C22H25NO/c1-13-14(2)20-17-6-5-15-11-16(24)7-9-21(15,3)18(17)8-10-22(20,4)19(13)12-23/h5-6,11,17-20H,1-2,7-10H2,3-4H3/t17-,18-,19?,20+,21+,22-/m1/s1. The molecule has 124 valence electrons. The van der Waals surface area contributed by atoms with Crippen molar-refractivity contribution in [3.05, 3.63) is 48.1 Å². The number of allylic oxidation sites excluding steroid dienone is 6. The van der Waals surface area contributed by atoms with E-state index in [-0.39, 0.29) is 22.5 Å². The van der Waals surface area contributed by atoms with Gasteiger partial charge in [0.25, 0.3) is 0 Å². The zero-order chi connectivity index (χ0) is 17.3. The zero-order valence-corrected chi connectivity index (χ0v) is 14.6. The lowest BCUT2D eigenvalue weighted by Crippen LogP contribution is -2.49. The molecule has 0 saturated heterocycles. The van der Waals surface area contributed by atoms with Crippen LogP contribution in [0.3, 0.4) is 0 Å². The molecule has 4 aliphatic rings. The van der Waals surface area contributed by atoms with Crippen molar-refractivity contribution in [3.63, 3.8) is 0 Å². The summed E-state index contributed by atoms with van der Waals surface area (Å²) in [7, 11) is 0. The van der Waals surface area contributed by atoms with E-state index in [0.29, 0.717) is 24.2 Å². The van der Waals surface area contributed by atoms with Crippen LogP contribution < -0.4 is 0 Å². The average Bonchev–Trinajstić information content (AvgIpc) is 2.74. The van der Waals surface area contributed by atoms with Gasteiger partial charge in [-0.1, -0.05) is 39.2 Å². The highest BCUT2D eigenvalue weighted by Crippen LogP contribution is 2.67. The second kappa shape index (κ2) is 4.82. The summed E-state index contributed by atoms with van der Waals surface area (Å²) in [5.74, 6) is 1.39. The molecule has 0 aromatic heterocycles. The molecule has 0 aromatic rings. The lowest BCUT2D eigenvalue weighted by atomic mass is 9.48. The van der Waals surface area contributed by atoms with Gasteiger partial charge in [0.15, 0.2) is 5.78 Å². The van der Waals surface area contributed by atoms with Crippen LogP contribution in [0.4, 0.5) is 0 Å². The van der Waals surface area contributed by atoms with Crippen LogP contribution in [0.15, 0.2) is 48.1 Å². The molecule has 2 fully saturated rings. The molecule has 0 bridgehead atoms. The largest absolute Gasteiger partial charge is 0.295 e. The van der Waals surface area contributed by atoms with Gasteiger partial charge in [0.05, 0.1) is 12.0 Å². The van der Waals surface area contributed by atoms with Crippen molar-refractivity contribution in [2.45, 2.75) is 39.5 Å². The average molecular weight is 319 g/mol. The Balaban J connectivity index is 1.82. The minimum absolute atomic E-state index is 0.0452. The van der Waals surface area contributed by atoms with Crippen molar-refractivity contribution >= 4 is 5.78 Å². The molecule has 24 heavy (non-hydrogen) atoms. The highest BCUT2D eigenvalue weighted by atomic mass is 16.1. The molecule has 2 nitrogen and oxygen atoms in total. The van der Waals surface area contributed by atoms with Crippen molar-refractivity contribution in [3.8, 4) is 6.07 Å². The van der Waals surface area contributed by atoms with E-state index in [1.807, 2.05) is 6.08 Å². The van der Waals surface area contributed by atoms with Gasteiger partial charge in [-0.25, -0.2) is 0 Å². The summed E-state index contributed by atoms with van der Waals surface area (Å²) in [5.41, 5.74) is 3.29. The SMILES string of the molecule is C=C1C(=C)[C@H]2[C@@H]3C=CC4=CC(=O)CC[C@]4(C)[C@@H]3CC[C@]2(C)C1C#N. The van der Waals surface area contributed by atoms with Crippen molar-refractivity contribution in [2.75, 3.05) is 0 Å². The molecule has 4 rings (SSSR count). The van der Waals surface area contributed by atoms with Crippen molar-refractivity contribution in [2.24, 2.45) is 34.5 Å². The first-order valence-corrected chi connectivity index (χ1v) is 9.04. The minimum Gasteiger partial charge on any atom is -0.295 e. The minimum atomic E-state index is -0.109. The number of carbonyl (C=O) groups is 1. The van der Waals surface area contributed by atoms with Crippen LogP contribution in [0.25, 0.3) is 0 Å². The van der Waals surface area contributed by atoms with Crippen LogP contribution in [0.1, 0.15) is 39.5 Å². The van der Waals surface area contributed by atoms with Crippen LogP contribution >= 0.6 is 0 Å². The topological polar surface area (TPSA) is 40.9 Å². The molecule has 4 aliphatic carbocycles. The second-order valence-corrected chi connectivity index (χ2v) is 8.66. The molecule has 2 saturated carbocycles. The number of fused-ring (bicyclic) bond motifs is 5. The molecular weight excluding hydrogens is 294 g/mol. The third-order valence-electron chi connectivity index (χ3n) is 7.66. The normalized spacial score (nSPS) is 46.7. The van der Waals surface area contributed by atoms with E-state index in [1.54, 1.807) is 0 Å². The molecule has 0 heterocycles. The van der Waals surface area contributed by atoms with E-state index in [2.05, 4.69) is 45.2 Å². The third kappa shape index (κ3) is 1.73. The summed E-state index contributed by atoms with van der Waals surface area (Å²) >= 11 is 0. The molecular formula is C22H25NO. The molecule has 0 aromatic carbocycles. The number of hydrogen-bond acceptors (Lipinski definition) is 2. The van der Waals surface area contributed by atoms with Gasteiger partial charge in [0.1, 0.15) is 0 Å². The van der Waals surface area contributed by atoms with Crippen LogP contribution in [0.5, 0.6) is 0 Å². The summed E-state index contributed by atoms with van der Waals surface area (Å²) in [6.45, 7) is 13.1. The molecule has 1 unspecified atom stereocenters. The first kappa shape index (κ1) is 15.6. The van der Waals surface area contributed by atoms with Crippen LogP contribution in [-0.4, -0.2) is 5.78 Å². The Morgan fingerprint density at radius 2 is 2.00 bits per heavy atom. The van der Waals surface area contributed by atoms with Gasteiger partial charge in [0, 0.05) is 6.42 Å². The summed E-state index contributed by atoms with van der Waals surface area (Å²) in [5, 5.41) is 9.71. The van der Waals surface area contributed by atoms with E-state index in [9.17, 15) is 10.1 Å². The highest BCUT2D eigenvalue weighted by Gasteiger charge is 2.60. The molecule has 0 radical (unpaired) electrons. The van der Waals surface area contributed by atoms with E-state index in [1.165, 1.54) is 5.57 Å². The number of nitriles is 1. The second-order valence-electron chi connectivity index (χ2n) is 8.66. The Morgan fingerprint density at radius 1 is 1.25 bits per heavy atom. The highest BCUT2D eigenvalue weighted by molar-refractivity contribution is 5.92. The van der Waals surface area contributed by atoms with Crippen molar-refractivity contribution in [1.82, 2.24) is 0 Å². The molecule has 2 heteroatoms. The Morgan fingerprint density at radius 3 is 2.71 bits per heavy atom. The molecule has 0 spiro atoms. The maximum Gasteiger partial charge on any atom is 0.156 e. The van der Waals surface area contributed by atoms with Gasteiger partial charge < -0.3 is 0 Å². The first-order chi connectivity index (χ1) is 11.3. The van der Waals surface area contributed by atoms with E-state index >= 15 is 0 Å². The number of hydrogen-bond donors (Lipinski definition) is 0. The number of ketones is 1. The maximum atomic E-state index is 11.9. The quantitative estimate of drug-likeness (QED) is 0.645. The van der Waals surface area contributed by atoms with Crippen molar-refractivity contribution in [1.29, 1.82) is 5.26 Å². The Bertz CT molecular complexity index is 763. The molecule has 6 atom stereocenters. The van der Waals surface area contributed by atoms with E-state index in [0.717, 1.165) is 30.4 Å². The van der Waals surface area contributed by atoms with Gasteiger partial charge >= 0.3 is 0 Å². The lowest BCUT2D eigenvalue weighted by Gasteiger charge is -2.55. The van der Waals surface area contributed by atoms with Gasteiger partial charge in [-0.2, -0.15) is 5.26 Å². The van der Waals surface area contributed by atoms with E-state index in [4.69, 9.17) is 0 Å². The monoisotopic (exact) mass is 319 g/mol.